The van der Waals surface area contributed by atoms with Crippen LogP contribution in [0.5, 0.6) is 5.88 Å². The first-order chi connectivity index (χ1) is 9.60. The Morgan fingerprint density at radius 1 is 1.45 bits per heavy atom. The molecule has 2 heterocycles. The fourth-order valence-corrected chi connectivity index (χ4v) is 2.27. The first-order valence-corrected chi connectivity index (χ1v) is 7.06. The molecule has 1 aliphatic heterocycles. The second-order valence-corrected chi connectivity index (χ2v) is 5.10. The molecule has 0 saturated carbocycles. The Labute approximate surface area is 118 Å². The predicted molar refractivity (Wildman–Crippen MR) is 75.1 cm³/mol. The minimum absolute atomic E-state index is 0.244. The zero-order valence-electron chi connectivity index (χ0n) is 12.0. The van der Waals surface area contributed by atoms with Gasteiger partial charge in [-0.05, 0) is 26.2 Å². The average Bonchev–Trinajstić information content (AvgIpc) is 2.44. The van der Waals surface area contributed by atoms with Crippen molar-refractivity contribution < 1.29 is 14.6 Å². The molecule has 110 valence electrons. The first-order valence-electron chi connectivity index (χ1n) is 7.06. The molecule has 0 bridgehead atoms. The van der Waals surface area contributed by atoms with Gasteiger partial charge in [0.05, 0.1) is 12.5 Å². The lowest BCUT2D eigenvalue weighted by atomic mass is 9.97. The summed E-state index contributed by atoms with van der Waals surface area (Å²) in [4.78, 5) is 21.8. The van der Waals surface area contributed by atoms with Crippen molar-refractivity contribution in [3.05, 3.63) is 11.8 Å². The van der Waals surface area contributed by atoms with Crippen molar-refractivity contribution in [2.24, 2.45) is 5.92 Å². The fraction of sp³-hybridized carbons (Fsp3) is 0.643. The third-order valence-corrected chi connectivity index (χ3v) is 3.40. The highest BCUT2D eigenvalue weighted by Crippen LogP contribution is 2.22. The van der Waals surface area contributed by atoms with Crippen LogP contribution in [0.25, 0.3) is 0 Å². The number of anilines is 1. The van der Waals surface area contributed by atoms with E-state index in [-0.39, 0.29) is 5.92 Å². The van der Waals surface area contributed by atoms with Crippen LogP contribution in [-0.2, 0) is 4.79 Å². The van der Waals surface area contributed by atoms with Crippen LogP contribution in [0.1, 0.15) is 31.9 Å². The van der Waals surface area contributed by atoms with Crippen molar-refractivity contribution in [1.82, 2.24) is 9.97 Å². The van der Waals surface area contributed by atoms with E-state index < -0.39 is 5.97 Å². The van der Waals surface area contributed by atoms with E-state index in [0.29, 0.717) is 44.4 Å². The lowest BCUT2D eigenvalue weighted by molar-refractivity contribution is -0.142. The van der Waals surface area contributed by atoms with Crippen LogP contribution in [0.2, 0.25) is 0 Å². The summed E-state index contributed by atoms with van der Waals surface area (Å²) in [6, 6.07) is 1.82. The van der Waals surface area contributed by atoms with Gasteiger partial charge in [-0.15, -0.1) is 0 Å². The highest BCUT2D eigenvalue weighted by molar-refractivity contribution is 5.70. The average molecular weight is 279 g/mol. The molecule has 1 saturated heterocycles. The molecule has 0 radical (unpaired) electrons. The van der Waals surface area contributed by atoms with Crippen molar-refractivity contribution >= 4 is 11.9 Å². The van der Waals surface area contributed by atoms with Crippen LogP contribution in [-0.4, -0.2) is 40.7 Å². The third kappa shape index (κ3) is 3.59. The van der Waals surface area contributed by atoms with Gasteiger partial charge in [-0.3, -0.25) is 4.79 Å². The van der Waals surface area contributed by atoms with E-state index >= 15 is 0 Å². The van der Waals surface area contributed by atoms with Crippen LogP contribution in [0.15, 0.2) is 6.07 Å². The Morgan fingerprint density at radius 3 is 2.75 bits per heavy atom. The smallest absolute Gasteiger partial charge is 0.306 e. The van der Waals surface area contributed by atoms with Gasteiger partial charge in [0.2, 0.25) is 11.8 Å². The monoisotopic (exact) mass is 279 g/mol. The highest BCUT2D eigenvalue weighted by Gasteiger charge is 2.26. The Kier molecular flexibility index (Phi) is 4.76. The standard InChI is InChI=1S/C14H21N3O3/c1-3-8-20-12-9-10(2)15-14(16-12)17-6-4-11(5-7-17)13(18)19/h9,11H,3-8H2,1-2H3,(H,18,19). The normalized spacial score (nSPS) is 16.2. The molecule has 2 rings (SSSR count). The molecule has 1 aliphatic rings. The summed E-state index contributed by atoms with van der Waals surface area (Å²) in [6.45, 7) is 5.94. The second kappa shape index (κ2) is 6.54. The molecule has 0 aromatic carbocycles. The number of hydrogen-bond donors (Lipinski definition) is 1. The largest absolute Gasteiger partial charge is 0.481 e. The van der Waals surface area contributed by atoms with E-state index in [1.807, 2.05) is 24.8 Å². The Bertz CT molecular complexity index is 471. The summed E-state index contributed by atoms with van der Waals surface area (Å²) in [5.74, 6) is 0.281. The zero-order valence-corrected chi connectivity index (χ0v) is 12.0. The van der Waals surface area contributed by atoms with Crippen molar-refractivity contribution in [3.8, 4) is 5.88 Å². The van der Waals surface area contributed by atoms with Crippen LogP contribution in [0, 0.1) is 12.8 Å². The Balaban J connectivity index is 2.05. The van der Waals surface area contributed by atoms with Crippen LogP contribution >= 0.6 is 0 Å². The zero-order chi connectivity index (χ0) is 14.5. The summed E-state index contributed by atoms with van der Waals surface area (Å²) < 4.78 is 5.55. The molecule has 1 N–H and O–H groups in total. The molecule has 1 fully saturated rings. The molecule has 0 atom stereocenters. The number of rotatable bonds is 5. The molecule has 6 nitrogen and oxygen atoms in total. The fourth-order valence-electron chi connectivity index (χ4n) is 2.27. The molecule has 20 heavy (non-hydrogen) atoms. The number of aryl methyl sites for hydroxylation is 1. The quantitative estimate of drug-likeness (QED) is 0.887. The Hall–Kier alpha value is -1.85. The topological polar surface area (TPSA) is 75.5 Å². The van der Waals surface area contributed by atoms with Crippen molar-refractivity contribution in [1.29, 1.82) is 0 Å². The maximum Gasteiger partial charge on any atom is 0.306 e. The number of hydrogen-bond acceptors (Lipinski definition) is 5. The number of carboxylic acids is 1. The number of piperidine rings is 1. The summed E-state index contributed by atoms with van der Waals surface area (Å²) in [5.41, 5.74) is 0.862. The lowest BCUT2D eigenvalue weighted by Crippen LogP contribution is -2.37. The van der Waals surface area contributed by atoms with Gasteiger partial charge in [0.25, 0.3) is 0 Å². The van der Waals surface area contributed by atoms with Gasteiger partial charge < -0.3 is 14.7 Å². The molecular formula is C14H21N3O3. The summed E-state index contributed by atoms with van der Waals surface area (Å²) >= 11 is 0. The molecule has 0 amide bonds. The van der Waals surface area contributed by atoms with E-state index in [0.717, 1.165) is 12.1 Å². The Morgan fingerprint density at radius 2 is 2.15 bits per heavy atom. The van der Waals surface area contributed by atoms with Gasteiger partial charge in [-0.2, -0.15) is 4.98 Å². The van der Waals surface area contributed by atoms with Gasteiger partial charge in [0.15, 0.2) is 0 Å². The van der Waals surface area contributed by atoms with E-state index in [1.54, 1.807) is 0 Å². The maximum absolute atomic E-state index is 11.0. The minimum Gasteiger partial charge on any atom is -0.481 e. The number of carboxylic acid groups (broad SMARTS) is 1. The first kappa shape index (κ1) is 14.6. The molecule has 1 aromatic rings. The van der Waals surface area contributed by atoms with Crippen molar-refractivity contribution in [3.63, 3.8) is 0 Å². The third-order valence-electron chi connectivity index (χ3n) is 3.40. The van der Waals surface area contributed by atoms with E-state index in [9.17, 15) is 4.79 Å². The molecule has 0 unspecified atom stereocenters. The van der Waals surface area contributed by atoms with Gasteiger partial charge in [0.1, 0.15) is 0 Å². The SMILES string of the molecule is CCCOc1cc(C)nc(N2CCC(C(=O)O)CC2)n1. The van der Waals surface area contributed by atoms with Gasteiger partial charge in [-0.25, -0.2) is 4.98 Å². The lowest BCUT2D eigenvalue weighted by Gasteiger charge is -2.30. The summed E-state index contributed by atoms with van der Waals surface area (Å²) in [7, 11) is 0. The minimum atomic E-state index is -0.707. The van der Waals surface area contributed by atoms with Crippen molar-refractivity contribution in [2.75, 3.05) is 24.6 Å². The maximum atomic E-state index is 11.0. The number of ether oxygens (including phenoxy) is 1. The molecular weight excluding hydrogens is 258 g/mol. The number of aromatic nitrogens is 2. The summed E-state index contributed by atoms with van der Waals surface area (Å²) in [6.07, 6.45) is 2.21. The van der Waals surface area contributed by atoms with E-state index in [4.69, 9.17) is 9.84 Å². The number of nitrogens with zero attached hydrogens (tertiary/aromatic N) is 3. The van der Waals surface area contributed by atoms with Crippen LogP contribution in [0.3, 0.4) is 0 Å². The second-order valence-electron chi connectivity index (χ2n) is 5.10. The van der Waals surface area contributed by atoms with Gasteiger partial charge >= 0.3 is 5.97 Å². The van der Waals surface area contributed by atoms with E-state index in [1.165, 1.54) is 0 Å². The predicted octanol–water partition coefficient (Wildman–Crippen LogP) is 1.87. The van der Waals surface area contributed by atoms with Gasteiger partial charge in [0, 0.05) is 24.8 Å². The summed E-state index contributed by atoms with van der Waals surface area (Å²) in [5, 5.41) is 9.01. The molecule has 6 heteroatoms. The van der Waals surface area contributed by atoms with Crippen LogP contribution < -0.4 is 9.64 Å². The molecule has 0 aliphatic carbocycles. The number of carbonyl (C=O) groups is 1. The van der Waals surface area contributed by atoms with E-state index in [2.05, 4.69) is 9.97 Å². The molecule has 0 spiro atoms. The molecule has 1 aromatic heterocycles. The van der Waals surface area contributed by atoms with Gasteiger partial charge in [-0.1, -0.05) is 6.92 Å². The highest BCUT2D eigenvalue weighted by atomic mass is 16.5. The van der Waals surface area contributed by atoms with Crippen LogP contribution in [0.4, 0.5) is 5.95 Å². The van der Waals surface area contributed by atoms with Crippen molar-refractivity contribution in [2.45, 2.75) is 33.1 Å². The number of aliphatic carboxylic acids is 1.